The van der Waals surface area contributed by atoms with Gasteiger partial charge in [-0.2, -0.15) is 0 Å². The number of hydrogen-bond acceptors (Lipinski definition) is 4. The normalized spacial score (nSPS) is 25.8. The molecule has 0 radical (unpaired) electrons. The van der Waals surface area contributed by atoms with Crippen molar-refractivity contribution >= 4 is 17.8 Å². The second-order valence-corrected chi connectivity index (χ2v) is 8.02. The van der Waals surface area contributed by atoms with Crippen molar-refractivity contribution < 1.29 is 19.1 Å². The van der Waals surface area contributed by atoms with E-state index < -0.39 is 12.0 Å². The Morgan fingerprint density at radius 3 is 1.85 bits per heavy atom. The highest BCUT2D eigenvalue weighted by molar-refractivity contribution is 5.87. The van der Waals surface area contributed by atoms with E-state index in [1.807, 2.05) is 0 Å². The summed E-state index contributed by atoms with van der Waals surface area (Å²) in [4.78, 5) is 41.7. The van der Waals surface area contributed by atoms with Crippen molar-refractivity contribution in [1.29, 1.82) is 0 Å². The lowest BCUT2D eigenvalue weighted by molar-refractivity contribution is -0.161. The van der Waals surface area contributed by atoms with Crippen LogP contribution in [0.3, 0.4) is 0 Å². The summed E-state index contributed by atoms with van der Waals surface area (Å²) in [5, 5.41) is 0. The van der Waals surface area contributed by atoms with Gasteiger partial charge in [0.25, 0.3) is 0 Å². The monoisotopic (exact) mass is 364 g/mol. The van der Waals surface area contributed by atoms with E-state index in [1.165, 1.54) is 20.0 Å². The van der Waals surface area contributed by atoms with Crippen LogP contribution in [0.1, 0.15) is 64.2 Å². The van der Waals surface area contributed by atoms with Crippen LogP contribution in [0.4, 0.5) is 0 Å². The smallest absolute Gasteiger partial charge is 0.330 e. The van der Waals surface area contributed by atoms with E-state index in [9.17, 15) is 14.4 Å². The third kappa shape index (κ3) is 4.21. The maximum absolute atomic E-state index is 13.0. The molecule has 26 heavy (non-hydrogen) atoms. The zero-order chi connectivity index (χ0) is 18.5. The molecule has 6 nitrogen and oxygen atoms in total. The van der Waals surface area contributed by atoms with Crippen molar-refractivity contribution in [2.75, 3.05) is 26.7 Å². The average Bonchev–Trinajstić information content (AvgIpc) is 2.73. The van der Waals surface area contributed by atoms with Crippen LogP contribution in [0, 0.1) is 11.8 Å². The summed E-state index contributed by atoms with van der Waals surface area (Å²) < 4.78 is 4.96. The molecule has 1 unspecified atom stereocenters. The Balaban J connectivity index is 1.67. The van der Waals surface area contributed by atoms with Gasteiger partial charge in [-0.05, 0) is 25.7 Å². The first kappa shape index (κ1) is 19.2. The summed E-state index contributed by atoms with van der Waals surface area (Å²) in [6.07, 6.45) is 10.5. The highest BCUT2D eigenvalue weighted by Crippen LogP contribution is 2.29. The molecular formula is C20H32N2O4. The Hall–Kier alpha value is -1.59. The lowest BCUT2D eigenvalue weighted by Gasteiger charge is -2.42. The number of ether oxygens (including phenoxy) is 1. The van der Waals surface area contributed by atoms with Crippen molar-refractivity contribution in [1.82, 2.24) is 9.80 Å². The van der Waals surface area contributed by atoms with Gasteiger partial charge in [0.15, 0.2) is 0 Å². The zero-order valence-electron chi connectivity index (χ0n) is 16.0. The third-order valence-electron chi connectivity index (χ3n) is 6.36. The third-order valence-corrected chi connectivity index (χ3v) is 6.36. The van der Waals surface area contributed by atoms with Crippen LogP contribution in [-0.4, -0.2) is 60.4 Å². The fourth-order valence-corrected chi connectivity index (χ4v) is 4.78. The quantitative estimate of drug-likeness (QED) is 0.721. The second kappa shape index (κ2) is 8.87. The molecule has 0 bridgehead atoms. The van der Waals surface area contributed by atoms with Crippen LogP contribution in [0.2, 0.25) is 0 Å². The topological polar surface area (TPSA) is 66.9 Å². The first-order valence-corrected chi connectivity index (χ1v) is 10.3. The molecule has 0 spiro atoms. The van der Waals surface area contributed by atoms with Gasteiger partial charge >= 0.3 is 5.97 Å². The van der Waals surface area contributed by atoms with Gasteiger partial charge in [0.2, 0.25) is 11.8 Å². The van der Waals surface area contributed by atoms with Crippen LogP contribution in [-0.2, 0) is 19.1 Å². The Morgan fingerprint density at radius 1 is 0.769 bits per heavy atom. The van der Waals surface area contributed by atoms with Crippen LogP contribution in [0.5, 0.6) is 0 Å². The fraction of sp³-hybridized carbons (Fsp3) is 0.850. The molecule has 3 fully saturated rings. The molecule has 2 amide bonds. The van der Waals surface area contributed by atoms with Crippen LogP contribution < -0.4 is 0 Å². The molecular weight excluding hydrogens is 332 g/mol. The average molecular weight is 364 g/mol. The van der Waals surface area contributed by atoms with E-state index in [0.29, 0.717) is 13.1 Å². The minimum atomic E-state index is -0.657. The van der Waals surface area contributed by atoms with Gasteiger partial charge in [-0.1, -0.05) is 38.5 Å². The standard InChI is InChI=1S/C20H32N2O4/c1-26-20(25)17-14-21(18(23)15-8-4-2-5-9-15)12-13-22(17)19(24)16-10-6-3-7-11-16/h15-17H,2-14H2,1H3. The number of nitrogens with zero attached hydrogens (tertiary/aromatic N) is 2. The van der Waals surface area contributed by atoms with Gasteiger partial charge in [0, 0.05) is 24.9 Å². The lowest BCUT2D eigenvalue weighted by atomic mass is 9.87. The summed E-state index contributed by atoms with van der Waals surface area (Å²) in [5.74, 6) is -0.0670. The summed E-state index contributed by atoms with van der Waals surface area (Å²) in [7, 11) is 1.35. The van der Waals surface area contributed by atoms with E-state index in [1.54, 1.807) is 9.80 Å². The molecule has 2 aliphatic carbocycles. The molecule has 3 aliphatic rings. The molecule has 1 aliphatic heterocycles. The number of amides is 2. The van der Waals surface area contributed by atoms with E-state index in [2.05, 4.69) is 0 Å². The van der Waals surface area contributed by atoms with Gasteiger partial charge in [0.05, 0.1) is 13.7 Å². The second-order valence-electron chi connectivity index (χ2n) is 8.02. The van der Waals surface area contributed by atoms with Crippen molar-refractivity contribution in [3.8, 4) is 0 Å². The predicted molar refractivity (Wildman–Crippen MR) is 97.2 cm³/mol. The molecule has 6 heteroatoms. The minimum absolute atomic E-state index is 0.0245. The van der Waals surface area contributed by atoms with Gasteiger partial charge in [-0.25, -0.2) is 4.79 Å². The van der Waals surface area contributed by atoms with Crippen LogP contribution >= 0.6 is 0 Å². The SMILES string of the molecule is COC(=O)C1CN(C(=O)C2CCCCC2)CCN1C(=O)C1CCCCC1. The Morgan fingerprint density at radius 2 is 1.31 bits per heavy atom. The van der Waals surface area contributed by atoms with Crippen molar-refractivity contribution in [2.45, 2.75) is 70.3 Å². The Labute approximate surface area is 156 Å². The van der Waals surface area contributed by atoms with E-state index in [4.69, 9.17) is 4.74 Å². The van der Waals surface area contributed by atoms with Crippen molar-refractivity contribution in [3.63, 3.8) is 0 Å². The fourth-order valence-electron chi connectivity index (χ4n) is 4.78. The molecule has 0 aromatic rings. The first-order chi connectivity index (χ1) is 12.6. The summed E-state index contributed by atoms with van der Waals surface area (Å²) in [6.45, 7) is 1.25. The molecule has 146 valence electrons. The molecule has 1 atom stereocenters. The molecule has 0 aromatic heterocycles. The number of hydrogen-bond donors (Lipinski definition) is 0. The van der Waals surface area contributed by atoms with E-state index in [-0.39, 0.29) is 30.2 Å². The highest BCUT2D eigenvalue weighted by Gasteiger charge is 2.41. The molecule has 3 rings (SSSR count). The van der Waals surface area contributed by atoms with Gasteiger partial charge in [-0.3, -0.25) is 9.59 Å². The van der Waals surface area contributed by atoms with Gasteiger partial charge < -0.3 is 14.5 Å². The van der Waals surface area contributed by atoms with Gasteiger partial charge in [-0.15, -0.1) is 0 Å². The Bertz CT molecular complexity index is 524. The van der Waals surface area contributed by atoms with E-state index >= 15 is 0 Å². The number of rotatable bonds is 3. The summed E-state index contributed by atoms with van der Waals surface area (Å²) in [5.41, 5.74) is 0. The number of methoxy groups -OCH3 is 1. The maximum Gasteiger partial charge on any atom is 0.330 e. The predicted octanol–water partition coefficient (Wildman–Crippen LogP) is 2.36. The number of esters is 1. The summed E-state index contributed by atoms with van der Waals surface area (Å²) >= 11 is 0. The molecule has 0 aromatic carbocycles. The number of piperazine rings is 1. The molecule has 1 saturated heterocycles. The van der Waals surface area contributed by atoms with Crippen LogP contribution in [0.25, 0.3) is 0 Å². The molecule has 0 N–H and O–H groups in total. The Kier molecular flexibility index (Phi) is 6.54. The maximum atomic E-state index is 13.0. The van der Waals surface area contributed by atoms with Crippen molar-refractivity contribution in [2.24, 2.45) is 11.8 Å². The van der Waals surface area contributed by atoms with Crippen molar-refractivity contribution in [3.05, 3.63) is 0 Å². The molecule has 2 saturated carbocycles. The first-order valence-electron chi connectivity index (χ1n) is 10.3. The van der Waals surface area contributed by atoms with Crippen LogP contribution in [0.15, 0.2) is 0 Å². The largest absolute Gasteiger partial charge is 0.467 e. The van der Waals surface area contributed by atoms with E-state index in [0.717, 1.165) is 51.4 Å². The number of carbonyl (C=O) groups excluding carboxylic acids is 3. The highest BCUT2D eigenvalue weighted by atomic mass is 16.5. The zero-order valence-corrected chi connectivity index (χ0v) is 16.0. The summed E-state index contributed by atoms with van der Waals surface area (Å²) in [6, 6.07) is -0.657. The van der Waals surface area contributed by atoms with Gasteiger partial charge in [0.1, 0.15) is 6.04 Å². The molecule has 1 heterocycles. The lowest BCUT2D eigenvalue weighted by Crippen LogP contribution is -2.61. The number of carbonyl (C=O) groups is 3. The minimum Gasteiger partial charge on any atom is -0.467 e.